The summed E-state index contributed by atoms with van der Waals surface area (Å²) < 4.78 is 18.3. The largest absolute Gasteiger partial charge is 0.454 e. The molecule has 8 nitrogen and oxygen atoms in total. The summed E-state index contributed by atoms with van der Waals surface area (Å²) in [5.41, 5.74) is 1.78. The molecule has 1 aromatic carbocycles. The van der Waals surface area contributed by atoms with Crippen molar-refractivity contribution in [1.29, 1.82) is 0 Å². The maximum atomic E-state index is 12.7. The molecule has 0 aliphatic carbocycles. The monoisotopic (exact) mass is 486 g/mol. The third-order valence-corrected chi connectivity index (χ3v) is 6.18. The lowest BCUT2D eigenvalue weighted by Gasteiger charge is -2.22. The summed E-state index contributed by atoms with van der Waals surface area (Å²) in [6.07, 6.45) is 2.86. The van der Waals surface area contributed by atoms with Crippen molar-refractivity contribution in [2.75, 3.05) is 19.2 Å². The van der Waals surface area contributed by atoms with E-state index in [9.17, 15) is 4.79 Å². The molecule has 0 atom stereocenters. The molecule has 3 aromatic rings. The Morgan fingerprint density at radius 1 is 1.24 bits per heavy atom. The molecule has 1 aliphatic rings. The predicted molar refractivity (Wildman–Crippen MR) is 133 cm³/mol. The number of fused-ring (bicyclic) bond motifs is 2. The zero-order valence-electron chi connectivity index (χ0n) is 20.5. The normalized spacial score (nSPS) is 13.5. The summed E-state index contributed by atoms with van der Waals surface area (Å²) in [4.78, 5) is 17.4. The van der Waals surface area contributed by atoms with Crippen LogP contribution in [0.3, 0.4) is 0 Å². The minimum absolute atomic E-state index is 0.0946. The number of carbonyl (C=O) groups excluding carboxylic acids is 1. The van der Waals surface area contributed by atoms with Gasteiger partial charge in [-0.3, -0.25) is 4.79 Å². The van der Waals surface area contributed by atoms with Gasteiger partial charge in [0.2, 0.25) is 12.7 Å². The van der Waals surface area contributed by atoms with Crippen LogP contribution >= 0.6 is 11.6 Å². The molecule has 1 N–H and O–H groups in total. The molecule has 0 radical (unpaired) electrons. The Hall–Kier alpha value is -2.84. The number of ether oxygens (including phenoxy) is 3. The molecule has 0 unspecified atom stereocenters. The average Bonchev–Trinajstić information content (AvgIpc) is 3.36. The number of amides is 1. The van der Waals surface area contributed by atoms with Gasteiger partial charge in [0.15, 0.2) is 23.0 Å². The molecule has 0 saturated carbocycles. The SMILES string of the molecule is COC(C)(C)CCn1nc(NC(=O)CC(C)(C)C)c2cc(-c3ccc4c(c3Cl)OCO4)cnc21. The number of aryl methyl sites for hydroxylation is 1. The molecule has 9 heteroatoms. The maximum Gasteiger partial charge on any atom is 0.231 e. The second kappa shape index (κ2) is 9.07. The summed E-state index contributed by atoms with van der Waals surface area (Å²) in [7, 11) is 1.69. The zero-order valence-corrected chi connectivity index (χ0v) is 21.2. The topological polar surface area (TPSA) is 87.5 Å². The van der Waals surface area contributed by atoms with Crippen LogP contribution in [0.2, 0.25) is 5.02 Å². The first-order valence-electron chi connectivity index (χ1n) is 11.3. The highest BCUT2D eigenvalue weighted by Gasteiger charge is 2.24. The first kappa shape index (κ1) is 24.3. The third kappa shape index (κ3) is 5.13. The van der Waals surface area contributed by atoms with Crippen molar-refractivity contribution in [2.45, 2.75) is 59.6 Å². The number of carbonyl (C=O) groups is 1. The summed E-state index contributed by atoms with van der Waals surface area (Å²) >= 11 is 6.62. The van der Waals surface area contributed by atoms with Gasteiger partial charge < -0.3 is 19.5 Å². The van der Waals surface area contributed by atoms with Crippen LogP contribution in [0, 0.1) is 5.41 Å². The molecule has 4 rings (SSSR count). The van der Waals surface area contributed by atoms with Crippen molar-refractivity contribution in [1.82, 2.24) is 14.8 Å². The highest BCUT2D eigenvalue weighted by molar-refractivity contribution is 6.35. The standard InChI is InChI=1S/C25H31ClN4O4/c1-24(2,3)12-19(31)28-22-17-11-15(16-7-8-18-21(20(16)26)34-14-33-18)13-27-23(17)30(29-22)10-9-25(4,5)32-6/h7-8,11,13H,9-10,12,14H2,1-6H3,(H,28,29,31). The molecule has 0 spiro atoms. The second-order valence-corrected chi connectivity index (χ2v) is 10.7. The van der Waals surface area contributed by atoms with Crippen LogP contribution in [-0.2, 0) is 16.1 Å². The number of hydrogen-bond acceptors (Lipinski definition) is 6. The second-order valence-electron chi connectivity index (χ2n) is 10.3. The van der Waals surface area contributed by atoms with E-state index >= 15 is 0 Å². The fraction of sp³-hybridized carbons (Fsp3) is 0.480. The van der Waals surface area contributed by atoms with Crippen LogP contribution < -0.4 is 14.8 Å². The van der Waals surface area contributed by atoms with Crippen LogP contribution in [0.4, 0.5) is 5.82 Å². The Bertz CT molecular complexity index is 1230. The van der Waals surface area contributed by atoms with Crippen LogP contribution in [-0.4, -0.2) is 40.2 Å². The molecule has 2 aromatic heterocycles. The molecule has 0 bridgehead atoms. The number of hydrogen-bond donors (Lipinski definition) is 1. The minimum Gasteiger partial charge on any atom is -0.454 e. The Kier molecular flexibility index (Phi) is 6.48. The summed E-state index contributed by atoms with van der Waals surface area (Å²) in [6, 6.07) is 5.65. The molecule has 3 heterocycles. The van der Waals surface area contributed by atoms with Crippen LogP contribution in [0.25, 0.3) is 22.2 Å². The van der Waals surface area contributed by atoms with Gasteiger partial charge in [0.25, 0.3) is 0 Å². The van der Waals surface area contributed by atoms with Crippen molar-refractivity contribution >= 4 is 34.4 Å². The van der Waals surface area contributed by atoms with E-state index in [0.29, 0.717) is 41.0 Å². The average molecular weight is 487 g/mol. The van der Waals surface area contributed by atoms with E-state index in [2.05, 4.69) is 5.32 Å². The van der Waals surface area contributed by atoms with E-state index in [4.69, 9.17) is 35.9 Å². The van der Waals surface area contributed by atoms with Gasteiger partial charge in [-0.15, -0.1) is 0 Å². The van der Waals surface area contributed by atoms with E-state index in [-0.39, 0.29) is 23.7 Å². The third-order valence-electron chi connectivity index (χ3n) is 5.80. The number of nitrogens with zero attached hydrogens (tertiary/aromatic N) is 3. The van der Waals surface area contributed by atoms with Crippen molar-refractivity contribution < 1.29 is 19.0 Å². The fourth-order valence-electron chi connectivity index (χ4n) is 3.75. The highest BCUT2D eigenvalue weighted by atomic mass is 35.5. The summed E-state index contributed by atoms with van der Waals surface area (Å²) in [5.74, 6) is 1.52. The highest BCUT2D eigenvalue weighted by Crippen LogP contribution is 2.44. The van der Waals surface area contributed by atoms with Crippen molar-refractivity contribution in [2.24, 2.45) is 5.41 Å². The molecule has 182 valence electrons. The van der Waals surface area contributed by atoms with Crippen molar-refractivity contribution in [3.05, 3.63) is 29.4 Å². The molecular formula is C25H31ClN4O4. The van der Waals surface area contributed by atoms with Gasteiger partial charge in [-0.25, -0.2) is 9.67 Å². The number of pyridine rings is 1. The number of nitrogens with one attached hydrogen (secondary N) is 1. The number of rotatable bonds is 7. The van der Waals surface area contributed by atoms with Gasteiger partial charge in [0, 0.05) is 37.4 Å². The van der Waals surface area contributed by atoms with Gasteiger partial charge in [0.1, 0.15) is 0 Å². The van der Waals surface area contributed by atoms with Crippen molar-refractivity contribution in [3.63, 3.8) is 0 Å². The van der Waals surface area contributed by atoms with Crippen LogP contribution in [0.5, 0.6) is 11.5 Å². The minimum atomic E-state index is -0.312. The number of aromatic nitrogens is 3. The first-order valence-corrected chi connectivity index (χ1v) is 11.7. The lowest BCUT2D eigenvalue weighted by Crippen LogP contribution is -2.25. The lowest BCUT2D eigenvalue weighted by atomic mass is 9.92. The Morgan fingerprint density at radius 2 is 2.00 bits per heavy atom. The van der Waals surface area contributed by atoms with Crippen LogP contribution in [0.1, 0.15) is 47.5 Å². The van der Waals surface area contributed by atoms with E-state index < -0.39 is 0 Å². The van der Waals surface area contributed by atoms with Gasteiger partial charge in [-0.1, -0.05) is 32.4 Å². The molecule has 0 saturated heterocycles. The molecule has 34 heavy (non-hydrogen) atoms. The smallest absolute Gasteiger partial charge is 0.231 e. The Balaban J connectivity index is 1.75. The number of halogens is 1. The Morgan fingerprint density at radius 3 is 2.71 bits per heavy atom. The van der Waals surface area contributed by atoms with Gasteiger partial charge >= 0.3 is 0 Å². The van der Waals surface area contributed by atoms with E-state index in [1.807, 2.05) is 57.5 Å². The van der Waals surface area contributed by atoms with E-state index in [0.717, 1.165) is 22.9 Å². The Labute approximate surface area is 204 Å². The van der Waals surface area contributed by atoms with Crippen molar-refractivity contribution in [3.8, 4) is 22.6 Å². The van der Waals surface area contributed by atoms with Gasteiger partial charge in [-0.05, 0) is 43.9 Å². The predicted octanol–water partition coefficient (Wildman–Crippen LogP) is 5.67. The molecule has 1 aliphatic heterocycles. The van der Waals surface area contributed by atoms with Gasteiger partial charge in [0.05, 0.1) is 16.0 Å². The molecule has 0 fully saturated rings. The number of benzene rings is 1. The lowest BCUT2D eigenvalue weighted by molar-refractivity contribution is -0.117. The van der Waals surface area contributed by atoms with E-state index in [1.165, 1.54) is 0 Å². The quantitative estimate of drug-likeness (QED) is 0.463. The number of anilines is 1. The van der Waals surface area contributed by atoms with Gasteiger partial charge in [-0.2, -0.15) is 5.10 Å². The molecule has 1 amide bonds. The number of methoxy groups -OCH3 is 1. The molecular weight excluding hydrogens is 456 g/mol. The van der Waals surface area contributed by atoms with E-state index in [1.54, 1.807) is 13.3 Å². The zero-order chi connectivity index (χ0) is 24.7. The summed E-state index contributed by atoms with van der Waals surface area (Å²) in [6.45, 7) is 10.9. The maximum absolute atomic E-state index is 12.7. The van der Waals surface area contributed by atoms with Crippen LogP contribution in [0.15, 0.2) is 24.4 Å². The first-order chi connectivity index (χ1) is 16.0. The summed E-state index contributed by atoms with van der Waals surface area (Å²) in [5, 5.41) is 8.89. The fourth-order valence-corrected chi connectivity index (χ4v) is 4.07.